The molecule has 1 unspecified atom stereocenters. The van der Waals surface area contributed by atoms with Crippen LogP contribution in [0.3, 0.4) is 0 Å². The summed E-state index contributed by atoms with van der Waals surface area (Å²) in [5, 5.41) is 10.3. The standard InChI is InChI=1S/C19H27NO4/c1-15(2)20(11-16-7-4-5-9-19(16)22-3)12-17(21)13-23-14-18-8-6-10-24-18/h4-10,15,17,21H,11-14H2,1-3H3. The number of nitrogens with zero attached hydrogens (tertiary/aromatic N) is 1. The van der Waals surface area contributed by atoms with Crippen LogP contribution in [0.1, 0.15) is 25.2 Å². The van der Waals surface area contributed by atoms with E-state index in [9.17, 15) is 5.11 Å². The van der Waals surface area contributed by atoms with Gasteiger partial charge >= 0.3 is 0 Å². The number of hydrogen-bond donors (Lipinski definition) is 1. The Bertz CT molecular complexity index is 583. The molecule has 5 heteroatoms. The molecule has 132 valence electrons. The van der Waals surface area contributed by atoms with Crippen molar-refractivity contribution in [2.75, 3.05) is 20.3 Å². The molecular formula is C19H27NO4. The van der Waals surface area contributed by atoms with Gasteiger partial charge in [0, 0.05) is 24.7 Å². The number of para-hydroxylation sites is 1. The predicted octanol–water partition coefficient (Wildman–Crippen LogP) is 3.08. The van der Waals surface area contributed by atoms with Crippen LogP contribution < -0.4 is 4.74 Å². The molecule has 1 N–H and O–H groups in total. The molecule has 0 bridgehead atoms. The van der Waals surface area contributed by atoms with Gasteiger partial charge in [0.25, 0.3) is 0 Å². The first kappa shape index (κ1) is 18.5. The zero-order chi connectivity index (χ0) is 17.4. The Labute approximate surface area is 143 Å². The predicted molar refractivity (Wildman–Crippen MR) is 92.9 cm³/mol. The number of aliphatic hydroxyl groups is 1. The minimum atomic E-state index is -0.558. The van der Waals surface area contributed by atoms with E-state index >= 15 is 0 Å². The van der Waals surface area contributed by atoms with Crippen LogP contribution in [-0.4, -0.2) is 42.4 Å². The summed E-state index contributed by atoms with van der Waals surface area (Å²) < 4.78 is 16.1. The number of ether oxygens (including phenoxy) is 2. The summed E-state index contributed by atoms with van der Waals surface area (Å²) >= 11 is 0. The van der Waals surface area contributed by atoms with Gasteiger partial charge in [-0.15, -0.1) is 0 Å². The van der Waals surface area contributed by atoms with Gasteiger partial charge in [0.1, 0.15) is 18.1 Å². The number of furan rings is 1. The molecule has 0 saturated carbocycles. The second-order valence-electron chi connectivity index (χ2n) is 6.08. The SMILES string of the molecule is COc1ccccc1CN(CC(O)COCc1ccco1)C(C)C. The van der Waals surface area contributed by atoms with E-state index in [1.165, 1.54) is 0 Å². The van der Waals surface area contributed by atoms with E-state index in [2.05, 4.69) is 18.7 Å². The fourth-order valence-electron chi connectivity index (χ4n) is 2.52. The maximum Gasteiger partial charge on any atom is 0.129 e. The zero-order valence-corrected chi connectivity index (χ0v) is 14.6. The molecule has 2 rings (SSSR count). The average Bonchev–Trinajstić information content (AvgIpc) is 3.08. The highest BCUT2D eigenvalue weighted by Gasteiger charge is 2.17. The summed E-state index contributed by atoms with van der Waals surface area (Å²) in [7, 11) is 1.68. The van der Waals surface area contributed by atoms with Crippen LogP contribution >= 0.6 is 0 Å². The number of hydrogen-bond acceptors (Lipinski definition) is 5. The lowest BCUT2D eigenvalue weighted by Crippen LogP contribution is -2.38. The molecule has 5 nitrogen and oxygen atoms in total. The van der Waals surface area contributed by atoms with Crippen LogP contribution in [0, 0.1) is 0 Å². The molecule has 0 saturated heterocycles. The first-order chi connectivity index (χ1) is 11.6. The second kappa shape index (κ2) is 9.47. The van der Waals surface area contributed by atoms with Gasteiger partial charge in [0.15, 0.2) is 0 Å². The van der Waals surface area contributed by atoms with Crippen molar-refractivity contribution in [2.24, 2.45) is 0 Å². The maximum atomic E-state index is 10.3. The topological polar surface area (TPSA) is 55.1 Å². The van der Waals surface area contributed by atoms with Gasteiger partial charge in [-0.05, 0) is 32.0 Å². The summed E-state index contributed by atoms with van der Waals surface area (Å²) in [5.41, 5.74) is 1.11. The number of aliphatic hydroxyl groups excluding tert-OH is 1. The van der Waals surface area contributed by atoms with Crippen LogP contribution in [0.5, 0.6) is 5.75 Å². The molecule has 0 fully saturated rings. The molecule has 0 spiro atoms. The van der Waals surface area contributed by atoms with E-state index in [1.807, 2.05) is 36.4 Å². The fourth-order valence-corrected chi connectivity index (χ4v) is 2.52. The fraction of sp³-hybridized carbons (Fsp3) is 0.474. The highest BCUT2D eigenvalue weighted by Crippen LogP contribution is 2.20. The normalized spacial score (nSPS) is 12.8. The van der Waals surface area contributed by atoms with E-state index in [4.69, 9.17) is 13.9 Å². The molecule has 1 heterocycles. The summed E-state index contributed by atoms with van der Waals surface area (Å²) in [6.07, 6.45) is 1.06. The van der Waals surface area contributed by atoms with Crippen molar-refractivity contribution >= 4 is 0 Å². The van der Waals surface area contributed by atoms with Gasteiger partial charge in [-0.1, -0.05) is 18.2 Å². The van der Waals surface area contributed by atoms with Gasteiger partial charge in [-0.3, -0.25) is 4.90 Å². The Kier molecular flexibility index (Phi) is 7.31. The first-order valence-corrected chi connectivity index (χ1v) is 8.24. The molecule has 2 aromatic rings. The Morgan fingerprint density at radius 1 is 1.17 bits per heavy atom. The minimum Gasteiger partial charge on any atom is -0.496 e. The second-order valence-corrected chi connectivity index (χ2v) is 6.08. The lowest BCUT2D eigenvalue weighted by molar-refractivity contribution is -0.00126. The van der Waals surface area contributed by atoms with Gasteiger partial charge in [-0.25, -0.2) is 0 Å². The van der Waals surface area contributed by atoms with Crippen LogP contribution in [0.2, 0.25) is 0 Å². The molecule has 0 aliphatic heterocycles. The maximum absolute atomic E-state index is 10.3. The summed E-state index contributed by atoms with van der Waals surface area (Å²) in [6.45, 7) is 6.14. The van der Waals surface area contributed by atoms with Crippen molar-refractivity contribution in [3.8, 4) is 5.75 Å². The van der Waals surface area contributed by atoms with Crippen LogP contribution in [0.25, 0.3) is 0 Å². The van der Waals surface area contributed by atoms with Gasteiger partial charge in [0.05, 0.1) is 26.1 Å². The third-order valence-electron chi connectivity index (χ3n) is 3.88. The Morgan fingerprint density at radius 2 is 1.96 bits per heavy atom. The molecule has 0 radical (unpaired) electrons. The molecule has 1 aromatic carbocycles. The molecule has 1 aromatic heterocycles. The van der Waals surface area contributed by atoms with Gasteiger partial charge in [0.2, 0.25) is 0 Å². The molecule has 0 aliphatic rings. The Hall–Kier alpha value is -1.82. The Morgan fingerprint density at radius 3 is 2.62 bits per heavy atom. The monoisotopic (exact) mass is 333 g/mol. The first-order valence-electron chi connectivity index (χ1n) is 8.24. The smallest absolute Gasteiger partial charge is 0.129 e. The van der Waals surface area contributed by atoms with E-state index < -0.39 is 6.10 Å². The van der Waals surface area contributed by atoms with E-state index in [-0.39, 0.29) is 6.61 Å². The molecule has 0 aliphatic carbocycles. The largest absolute Gasteiger partial charge is 0.496 e. The van der Waals surface area contributed by atoms with Gasteiger partial charge < -0.3 is 19.0 Å². The number of rotatable bonds is 10. The van der Waals surface area contributed by atoms with E-state index in [0.29, 0.717) is 19.2 Å². The third-order valence-corrected chi connectivity index (χ3v) is 3.88. The number of benzene rings is 1. The van der Waals surface area contributed by atoms with E-state index in [1.54, 1.807) is 13.4 Å². The van der Waals surface area contributed by atoms with Gasteiger partial charge in [-0.2, -0.15) is 0 Å². The van der Waals surface area contributed by atoms with Crippen molar-refractivity contribution in [1.29, 1.82) is 0 Å². The van der Waals surface area contributed by atoms with E-state index in [0.717, 1.165) is 23.6 Å². The zero-order valence-electron chi connectivity index (χ0n) is 14.6. The van der Waals surface area contributed by atoms with Crippen molar-refractivity contribution in [1.82, 2.24) is 4.90 Å². The molecule has 0 amide bonds. The Balaban J connectivity index is 1.85. The summed E-state index contributed by atoms with van der Waals surface area (Å²) in [4.78, 5) is 2.21. The highest BCUT2D eigenvalue weighted by atomic mass is 16.5. The lowest BCUT2D eigenvalue weighted by atomic mass is 10.1. The van der Waals surface area contributed by atoms with Crippen LogP contribution in [0.4, 0.5) is 0 Å². The van der Waals surface area contributed by atoms with Crippen molar-refractivity contribution in [3.05, 3.63) is 54.0 Å². The minimum absolute atomic E-state index is 0.274. The summed E-state index contributed by atoms with van der Waals surface area (Å²) in [6, 6.07) is 11.9. The average molecular weight is 333 g/mol. The number of methoxy groups -OCH3 is 1. The van der Waals surface area contributed by atoms with Crippen molar-refractivity contribution in [3.63, 3.8) is 0 Å². The summed E-state index contributed by atoms with van der Waals surface area (Å²) in [5.74, 6) is 1.63. The lowest BCUT2D eigenvalue weighted by Gasteiger charge is -2.29. The van der Waals surface area contributed by atoms with Crippen molar-refractivity contribution < 1.29 is 19.0 Å². The molecule has 24 heavy (non-hydrogen) atoms. The molecule has 1 atom stereocenters. The van der Waals surface area contributed by atoms with Crippen molar-refractivity contribution in [2.45, 2.75) is 39.1 Å². The molecular weight excluding hydrogens is 306 g/mol. The van der Waals surface area contributed by atoms with Crippen LogP contribution in [-0.2, 0) is 17.9 Å². The quantitative estimate of drug-likeness (QED) is 0.724. The third kappa shape index (κ3) is 5.67. The van der Waals surface area contributed by atoms with Crippen LogP contribution in [0.15, 0.2) is 47.1 Å². The highest BCUT2D eigenvalue weighted by molar-refractivity contribution is 5.33.